The first-order chi connectivity index (χ1) is 14.1. The first kappa shape index (κ1) is 20.8. The summed E-state index contributed by atoms with van der Waals surface area (Å²) in [5.74, 6) is 0.131. The van der Waals surface area contributed by atoms with Gasteiger partial charge in [0.1, 0.15) is 11.3 Å². The summed E-state index contributed by atoms with van der Waals surface area (Å²) in [6.45, 7) is 11.6. The molecule has 6 heteroatoms. The van der Waals surface area contributed by atoms with Crippen LogP contribution in [-0.2, 0) is 9.53 Å². The summed E-state index contributed by atoms with van der Waals surface area (Å²) in [7, 11) is 0. The predicted octanol–water partition coefficient (Wildman–Crippen LogP) is 4.72. The SMILES string of the molecule is CCOc1ccc2oc(C(=O)OCC(=O)N3C[C@@]4(C)C[C@@H]3CC(C)(C)C4)c(C)c2c1. The number of amides is 1. The second kappa shape index (κ2) is 7.33. The summed E-state index contributed by atoms with van der Waals surface area (Å²) >= 11 is 0. The molecule has 1 aliphatic heterocycles. The fraction of sp³-hybridized carbons (Fsp3) is 0.583. The number of rotatable bonds is 5. The van der Waals surface area contributed by atoms with E-state index in [9.17, 15) is 9.59 Å². The van der Waals surface area contributed by atoms with E-state index in [1.54, 1.807) is 12.1 Å². The van der Waals surface area contributed by atoms with Crippen molar-refractivity contribution < 1.29 is 23.5 Å². The zero-order chi connectivity index (χ0) is 21.7. The number of carbonyl (C=O) groups excluding carboxylic acids is 2. The van der Waals surface area contributed by atoms with Crippen molar-refractivity contribution in [2.45, 2.75) is 59.9 Å². The van der Waals surface area contributed by atoms with Gasteiger partial charge >= 0.3 is 5.97 Å². The maximum Gasteiger partial charge on any atom is 0.375 e. The molecule has 0 radical (unpaired) electrons. The molecule has 0 N–H and O–H groups in total. The first-order valence-electron chi connectivity index (χ1n) is 10.7. The number of ether oxygens (including phenoxy) is 2. The van der Waals surface area contributed by atoms with Crippen molar-refractivity contribution >= 4 is 22.8 Å². The van der Waals surface area contributed by atoms with Gasteiger partial charge in [-0.15, -0.1) is 0 Å². The molecule has 2 heterocycles. The van der Waals surface area contributed by atoms with Crippen LogP contribution in [0.4, 0.5) is 0 Å². The summed E-state index contributed by atoms with van der Waals surface area (Å²) in [5, 5.41) is 0.808. The molecule has 0 spiro atoms. The highest BCUT2D eigenvalue weighted by atomic mass is 16.5. The third-order valence-corrected chi connectivity index (χ3v) is 6.47. The largest absolute Gasteiger partial charge is 0.494 e. The van der Waals surface area contributed by atoms with E-state index in [0.29, 0.717) is 17.8 Å². The summed E-state index contributed by atoms with van der Waals surface area (Å²) < 4.78 is 16.6. The monoisotopic (exact) mass is 413 g/mol. The second-order valence-corrected chi connectivity index (χ2v) is 9.96. The van der Waals surface area contributed by atoms with Crippen molar-refractivity contribution in [2.75, 3.05) is 19.8 Å². The molecule has 0 unspecified atom stereocenters. The van der Waals surface area contributed by atoms with E-state index in [0.717, 1.165) is 36.9 Å². The van der Waals surface area contributed by atoms with Crippen molar-refractivity contribution in [2.24, 2.45) is 10.8 Å². The number of benzene rings is 1. The molecule has 162 valence electrons. The number of hydrogen-bond acceptors (Lipinski definition) is 5. The fourth-order valence-corrected chi connectivity index (χ4v) is 5.68. The zero-order valence-electron chi connectivity index (χ0n) is 18.5. The molecule has 2 aliphatic rings. The van der Waals surface area contributed by atoms with Crippen LogP contribution < -0.4 is 4.74 Å². The molecule has 6 nitrogen and oxygen atoms in total. The third-order valence-electron chi connectivity index (χ3n) is 6.47. The Labute approximate surface area is 177 Å². The van der Waals surface area contributed by atoms with Gasteiger partial charge in [-0.25, -0.2) is 4.79 Å². The zero-order valence-corrected chi connectivity index (χ0v) is 18.5. The minimum absolute atomic E-state index is 0.123. The summed E-state index contributed by atoms with van der Waals surface area (Å²) in [4.78, 5) is 27.4. The van der Waals surface area contributed by atoms with Crippen molar-refractivity contribution in [1.29, 1.82) is 0 Å². The molecule has 1 aromatic carbocycles. The molecular formula is C24H31NO5. The lowest BCUT2D eigenvalue weighted by atomic mass is 9.65. The van der Waals surface area contributed by atoms with E-state index in [2.05, 4.69) is 20.8 Å². The molecule has 2 atom stereocenters. The van der Waals surface area contributed by atoms with E-state index in [-0.39, 0.29) is 35.1 Å². The Morgan fingerprint density at radius 1 is 1.23 bits per heavy atom. The number of hydrogen-bond donors (Lipinski definition) is 0. The van der Waals surface area contributed by atoms with Crippen LogP contribution in [-0.4, -0.2) is 42.6 Å². The lowest BCUT2D eigenvalue weighted by Crippen LogP contribution is -2.39. The van der Waals surface area contributed by atoms with Gasteiger partial charge in [0, 0.05) is 23.5 Å². The summed E-state index contributed by atoms with van der Waals surface area (Å²) in [5.41, 5.74) is 1.67. The Morgan fingerprint density at radius 3 is 2.73 bits per heavy atom. The topological polar surface area (TPSA) is 69.0 Å². The van der Waals surface area contributed by atoms with Gasteiger partial charge in [-0.3, -0.25) is 4.79 Å². The van der Waals surface area contributed by atoms with Crippen molar-refractivity contribution in [1.82, 2.24) is 4.90 Å². The second-order valence-electron chi connectivity index (χ2n) is 9.96. The average molecular weight is 414 g/mol. The highest BCUT2D eigenvalue weighted by Crippen LogP contribution is 2.52. The number of esters is 1. The maximum atomic E-state index is 12.9. The summed E-state index contributed by atoms with van der Waals surface area (Å²) in [6.07, 6.45) is 3.13. The van der Waals surface area contributed by atoms with Crippen LogP contribution in [0.1, 0.15) is 63.1 Å². The van der Waals surface area contributed by atoms with Gasteiger partial charge in [0.2, 0.25) is 5.76 Å². The molecule has 30 heavy (non-hydrogen) atoms. The molecular weight excluding hydrogens is 382 g/mol. The number of furan rings is 1. The number of nitrogens with zero attached hydrogens (tertiary/aromatic N) is 1. The normalized spacial score (nSPS) is 24.8. The van der Waals surface area contributed by atoms with Crippen LogP contribution in [0.5, 0.6) is 5.75 Å². The molecule has 1 aliphatic carbocycles. The summed E-state index contributed by atoms with van der Waals surface area (Å²) in [6, 6.07) is 5.67. The van der Waals surface area contributed by atoms with Gasteiger partial charge in [0.25, 0.3) is 5.91 Å². The van der Waals surface area contributed by atoms with Gasteiger partial charge in [0.15, 0.2) is 6.61 Å². The molecule has 1 saturated carbocycles. The van der Waals surface area contributed by atoms with Gasteiger partial charge in [-0.05, 0) is 62.1 Å². The predicted molar refractivity (Wildman–Crippen MR) is 114 cm³/mol. The molecule has 2 aromatic rings. The van der Waals surface area contributed by atoms with Gasteiger partial charge in [-0.2, -0.15) is 0 Å². The Hall–Kier alpha value is -2.50. The maximum absolute atomic E-state index is 12.9. The Bertz CT molecular complexity index is 991. The van der Waals surface area contributed by atoms with E-state index >= 15 is 0 Å². The van der Waals surface area contributed by atoms with Crippen molar-refractivity contribution in [3.8, 4) is 5.75 Å². The first-order valence-corrected chi connectivity index (χ1v) is 10.7. The Balaban J connectivity index is 1.44. The van der Waals surface area contributed by atoms with Crippen LogP contribution in [0.2, 0.25) is 0 Å². The number of aryl methyl sites for hydroxylation is 1. The Morgan fingerprint density at radius 2 is 2.00 bits per heavy atom. The molecule has 2 fully saturated rings. The third kappa shape index (κ3) is 3.80. The average Bonchev–Trinajstić information content (AvgIpc) is 3.12. The fourth-order valence-electron chi connectivity index (χ4n) is 5.68. The van der Waals surface area contributed by atoms with Crippen LogP contribution in [0.15, 0.2) is 22.6 Å². The highest BCUT2D eigenvalue weighted by Gasteiger charge is 2.51. The standard InChI is InChI=1S/C24H31NO5/c1-6-28-17-7-8-19-18(9-17)15(2)21(30-19)22(27)29-12-20(26)25-14-24(5)11-16(25)10-23(3,4)13-24/h7-9,16H,6,10-14H2,1-5H3/t16-,24-/m0/s1. The van der Waals surface area contributed by atoms with E-state index in [4.69, 9.17) is 13.9 Å². The number of likely N-dealkylation sites (tertiary alicyclic amines) is 1. The Kier molecular flexibility index (Phi) is 5.07. The van der Waals surface area contributed by atoms with Crippen LogP contribution in [0, 0.1) is 17.8 Å². The van der Waals surface area contributed by atoms with Crippen LogP contribution >= 0.6 is 0 Å². The number of fused-ring (bicyclic) bond motifs is 3. The van der Waals surface area contributed by atoms with Crippen molar-refractivity contribution in [3.63, 3.8) is 0 Å². The van der Waals surface area contributed by atoms with Gasteiger partial charge in [0.05, 0.1) is 6.61 Å². The van der Waals surface area contributed by atoms with E-state index in [1.165, 1.54) is 0 Å². The van der Waals surface area contributed by atoms with Crippen LogP contribution in [0.3, 0.4) is 0 Å². The molecule has 4 rings (SSSR count). The quantitative estimate of drug-likeness (QED) is 0.663. The smallest absolute Gasteiger partial charge is 0.375 e. The molecule has 2 bridgehead atoms. The van der Waals surface area contributed by atoms with Crippen molar-refractivity contribution in [3.05, 3.63) is 29.5 Å². The molecule has 1 aromatic heterocycles. The lowest BCUT2D eigenvalue weighted by Gasteiger charge is -2.39. The van der Waals surface area contributed by atoms with Gasteiger partial charge < -0.3 is 18.8 Å². The minimum Gasteiger partial charge on any atom is -0.494 e. The highest BCUT2D eigenvalue weighted by molar-refractivity contribution is 5.97. The van der Waals surface area contributed by atoms with Gasteiger partial charge in [-0.1, -0.05) is 20.8 Å². The van der Waals surface area contributed by atoms with Crippen LogP contribution in [0.25, 0.3) is 11.0 Å². The van der Waals surface area contributed by atoms with E-state index in [1.807, 2.05) is 24.8 Å². The minimum atomic E-state index is -0.608. The molecule has 1 saturated heterocycles. The van der Waals surface area contributed by atoms with E-state index < -0.39 is 5.97 Å². The lowest BCUT2D eigenvalue weighted by molar-refractivity contribution is -0.135. The molecule has 1 amide bonds. The number of carbonyl (C=O) groups is 2.